The van der Waals surface area contributed by atoms with E-state index in [9.17, 15) is 0 Å². The Balaban J connectivity index is 2.09. The predicted molar refractivity (Wildman–Crippen MR) is 60.9 cm³/mol. The van der Waals surface area contributed by atoms with Gasteiger partial charge in [-0.15, -0.1) is 0 Å². The van der Waals surface area contributed by atoms with E-state index in [2.05, 4.69) is 0 Å². The highest BCUT2D eigenvalue weighted by Crippen LogP contribution is 2.35. The fourth-order valence-electron chi connectivity index (χ4n) is 1.64. The molecule has 0 radical (unpaired) electrons. The number of hydrogen-bond acceptors (Lipinski definition) is 5. The lowest BCUT2D eigenvalue weighted by Crippen LogP contribution is -2.37. The van der Waals surface area contributed by atoms with Crippen LogP contribution in [0.2, 0.25) is 0 Å². The fourth-order valence-corrected chi connectivity index (χ4v) is 1.64. The van der Waals surface area contributed by atoms with Gasteiger partial charge in [-0.25, -0.2) is 0 Å². The van der Waals surface area contributed by atoms with Gasteiger partial charge in [0.2, 0.25) is 6.79 Å². The van der Waals surface area contributed by atoms with Gasteiger partial charge in [0.15, 0.2) is 11.5 Å². The molecule has 88 valence electrons. The average molecular weight is 224 g/mol. The molecule has 0 aliphatic carbocycles. The van der Waals surface area contributed by atoms with Crippen molar-refractivity contribution in [3.8, 4) is 11.5 Å². The third-order valence-electron chi connectivity index (χ3n) is 2.54. The molecule has 1 heterocycles. The summed E-state index contributed by atoms with van der Waals surface area (Å²) in [5, 5.41) is 8.89. The minimum atomic E-state index is -0.240. The van der Waals surface area contributed by atoms with E-state index in [1.165, 1.54) is 0 Å². The van der Waals surface area contributed by atoms with Gasteiger partial charge in [0.25, 0.3) is 0 Å². The average Bonchev–Trinajstić information content (AvgIpc) is 2.75. The largest absolute Gasteiger partial charge is 0.454 e. The van der Waals surface area contributed by atoms with Crippen LogP contribution < -0.4 is 20.1 Å². The maximum absolute atomic E-state index is 8.89. The molecule has 0 saturated carbocycles. The standard InChI is InChI=1S/C11H16N2O3/c1-13(5-8(12)6-14)9-2-3-10-11(4-9)16-7-15-10/h2-4,8,14H,5-7,12H2,1H3. The number of likely N-dealkylation sites (N-methyl/N-ethyl adjacent to an activating group) is 1. The zero-order valence-corrected chi connectivity index (χ0v) is 9.22. The minimum absolute atomic E-state index is 0.0190. The summed E-state index contributed by atoms with van der Waals surface area (Å²) in [5.74, 6) is 1.52. The van der Waals surface area contributed by atoms with Crippen molar-refractivity contribution in [1.29, 1.82) is 0 Å². The van der Waals surface area contributed by atoms with Crippen molar-refractivity contribution >= 4 is 5.69 Å². The smallest absolute Gasteiger partial charge is 0.231 e. The van der Waals surface area contributed by atoms with E-state index in [0.717, 1.165) is 17.2 Å². The van der Waals surface area contributed by atoms with Crippen LogP contribution in [0.1, 0.15) is 0 Å². The third kappa shape index (κ3) is 2.20. The highest BCUT2D eigenvalue weighted by Gasteiger charge is 2.15. The molecule has 5 heteroatoms. The quantitative estimate of drug-likeness (QED) is 0.763. The first kappa shape index (κ1) is 11.0. The number of hydrogen-bond donors (Lipinski definition) is 2. The summed E-state index contributed by atoms with van der Waals surface area (Å²) in [6, 6.07) is 5.48. The molecule has 0 fully saturated rings. The topological polar surface area (TPSA) is 68.0 Å². The molecule has 1 aromatic rings. The van der Waals surface area contributed by atoms with Crippen LogP contribution in [0.3, 0.4) is 0 Å². The van der Waals surface area contributed by atoms with E-state index in [0.29, 0.717) is 6.54 Å². The summed E-state index contributed by atoms with van der Waals surface area (Å²) < 4.78 is 10.5. The SMILES string of the molecule is CN(CC(N)CO)c1ccc2c(c1)OCO2. The summed E-state index contributed by atoms with van der Waals surface area (Å²) >= 11 is 0. The van der Waals surface area contributed by atoms with E-state index in [4.69, 9.17) is 20.3 Å². The summed E-state index contributed by atoms with van der Waals surface area (Å²) in [4.78, 5) is 1.98. The molecule has 1 unspecified atom stereocenters. The normalized spacial score (nSPS) is 14.9. The number of aliphatic hydroxyl groups is 1. The summed E-state index contributed by atoms with van der Waals surface area (Å²) in [6.45, 7) is 0.851. The predicted octanol–water partition coefficient (Wildman–Crippen LogP) is 0.171. The summed E-state index contributed by atoms with van der Waals surface area (Å²) in [7, 11) is 1.92. The van der Waals surface area contributed by atoms with Crippen LogP contribution in [0.25, 0.3) is 0 Å². The molecular formula is C11H16N2O3. The number of rotatable bonds is 4. The molecular weight excluding hydrogens is 208 g/mol. The van der Waals surface area contributed by atoms with Gasteiger partial charge < -0.3 is 25.2 Å². The Morgan fingerprint density at radius 1 is 1.44 bits per heavy atom. The molecule has 1 aromatic carbocycles. The van der Waals surface area contributed by atoms with Crippen LogP contribution in [0.5, 0.6) is 11.5 Å². The molecule has 1 aliphatic heterocycles. The molecule has 0 amide bonds. The van der Waals surface area contributed by atoms with Gasteiger partial charge in [0, 0.05) is 31.4 Å². The molecule has 1 atom stereocenters. The third-order valence-corrected chi connectivity index (χ3v) is 2.54. The molecule has 0 spiro atoms. The van der Waals surface area contributed by atoms with Crippen molar-refractivity contribution in [1.82, 2.24) is 0 Å². The van der Waals surface area contributed by atoms with Crippen LogP contribution in [0.4, 0.5) is 5.69 Å². The Kier molecular flexibility index (Phi) is 3.17. The van der Waals surface area contributed by atoms with Gasteiger partial charge in [-0.1, -0.05) is 0 Å². The Morgan fingerprint density at radius 2 is 2.19 bits per heavy atom. The van der Waals surface area contributed by atoms with Crippen molar-refractivity contribution in [2.24, 2.45) is 5.73 Å². The van der Waals surface area contributed by atoms with E-state index >= 15 is 0 Å². The maximum atomic E-state index is 8.89. The Morgan fingerprint density at radius 3 is 2.94 bits per heavy atom. The number of nitrogens with zero attached hydrogens (tertiary/aromatic N) is 1. The number of fused-ring (bicyclic) bond motifs is 1. The lowest BCUT2D eigenvalue weighted by Gasteiger charge is -2.22. The van der Waals surface area contributed by atoms with E-state index in [1.54, 1.807) is 0 Å². The lowest BCUT2D eigenvalue weighted by molar-refractivity contribution is 0.174. The second-order valence-corrected chi connectivity index (χ2v) is 3.86. The molecule has 3 N–H and O–H groups in total. The number of ether oxygens (including phenoxy) is 2. The lowest BCUT2D eigenvalue weighted by atomic mass is 10.2. The molecule has 16 heavy (non-hydrogen) atoms. The molecule has 0 bridgehead atoms. The van der Waals surface area contributed by atoms with E-state index < -0.39 is 0 Å². The van der Waals surface area contributed by atoms with E-state index in [1.807, 2.05) is 30.1 Å². The van der Waals surface area contributed by atoms with Crippen molar-refractivity contribution in [3.63, 3.8) is 0 Å². The van der Waals surface area contributed by atoms with E-state index in [-0.39, 0.29) is 19.4 Å². The fraction of sp³-hybridized carbons (Fsp3) is 0.455. The van der Waals surface area contributed by atoms with Crippen molar-refractivity contribution in [2.45, 2.75) is 6.04 Å². The van der Waals surface area contributed by atoms with Crippen molar-refractivity contribution < 1.29 is 14.6 Å². The second-order valence-electron chi connectivity index (χ2n) is 3.86. The number of aliphatic hydroxyl groups excluding tert-OH is 1. The van der Waals surface area contributed by atoms with Crippen molar-refractivity contribution in [3.05, 3.63) is 18.2 Å². The molecule has 1 aliphatic rings. The van der Waals surface area contributed by atoms with Crippen LogP contribution in [0, 0.1) is 0 Å². The van der Waals surface area contributed by atoms with Crippen LogP contribution in [-0.2, 0) is 0 Å². The molecule has 5 nitrogen and oxygen atoms in total. The first-order chi connectivity index (χ1) is 7.70. The zero-order chi connectivity index (χ0) is 11.5. The van der Waals surface area contributed by atoms with Gasteiger partial charge in [-0.3, -0.25) is 0 Å². The molecule has 0 aromatic heterocycles. The van der Waals surface area contributed by atoms with Crippen LogP contribution in [0.15, 0.2) is 18.2 Å². The Bertz CT molecular complexity index is 370. The second kappa shape index (κ2) is 4.59. The first-order valence-electron chi connectivity index (χ1n) is 5.18. The van der Waals surface area contributed by atoms with Crippen LogP contribution >= 0.6 is 0 Å². The Labute approximate surface area is 94.4 Å². The van der Waals surface area contributed by atoms with Gasteiger partial charge >= 0.3 is 0 Å². The Hall–Kier alpha value is -1.46. The summed E-state index contributed by atoms with van der Waals surface area (Å²) in [6.07, 6.45) is 0. The highest BCUT2D eigenvalue weighted by molar-refractivity contribution is 5.56. The number of benzene rings is 1. The first-order valence-corrected chi connectivity index (χ1v) is 5.18. The van der Waals surface area contributed by atoms with Crippen molar-refractivity contribution in [2.75, 3.05) is 31.9 Å². The zero-order valence-electron chi connectivity index (χ0n) is 9.22. The van der Waals surface area contributed by atoms with Gasteiger partial charge in [-0.2, -0.15) is 0 Å². The molecule has 0 saturated heterocycles. The maximum Gasteiger partial charge on any atom is 0.231 e. The monoisotopic (exact) mass is 224 g/mol. The summed E-state index contributed by atoms with van der Waals surface area (Å²) in [5.41, 5.74) is 6.67. The van der Waals surface area contributed by atoms with Gasteiger partial charge in [0.1, 0.15) is 0 Å². The van der Waals surface area contributed by atoms with Crippen LogP contribution in [-0.4, -0.2) is 38.1 Å². The van der Waals surface area contributed by atoms with Gasteiger partial charge in [0.05, 0.1) is 6.61 Å². The minimum Gasteiger partial charge on any atom is -0.454 e. The number of nitrogens with two attached hydrogens (primary N) is 1. The number of anilines is 1. The van der Waals surface area contributed by atoms with Gasteiger partial charge in [-0.05, 0) is 12.1 Å². The highest BCUT2D eigenvalue weighted by atomic mass is 16.7. The molecule has 2 rings (SSSR count).